The fraction of sp³-hybridized carbons (Fsp3) is 0.471. The first-order chi connectivity index (χ1) is 11.9. The van der Waals surface area contributed by atoms with E-state index in [9.17, 15) is 14.4 Å². The Kier molecular flexibility index (Phi) is 6.95. The molecule has 7 nitrogen and oxygen atoms in total. The number of hydrogen-bond donors (Lipinski definition) is 3. The summed E-state index contributed by atoms with van der Waals surface area (Å²) in [5, 5.41) is 5.68. The number of benzene rings is 1. The second kappa shape index (κ2) is 8.96. The molecule has 1 aromatic carbocycles. The summed E-state index contributed by atoms with van der Waals surface area (Å²) in [6.07, 6.45) is -0.0345. The first-order valence-electron chi connectivity index (χ1n) is 8.14. The van der Waals surface area contributed by atoms with E-state index in [2.05, 4.69) is 31.3 Å². The van der Waals surface area contributed by atoms with Gasteiger partial charge < -0.3 is 20.3 Å². The highest BCUT2D eigenvalue weighted by Crippen LogP contribution is 2.16. The van der Waals surface area contributed by atoms with Crippen molar-refractivity contribution in [1.29, 1.82) is 0 Å². The van der Waals surface area contributed by atoms with Gasteiger partial charge in [0.1, 0.15) is 6.42 Å². The number of amides is 2. The largest absolute Gasteiger partial charge is 0.469 e. The van der Waals surface area contributed by atoms with Crippen LogP contribution in [0.3, 0.4) is 0 Å². The van der Waals surface area contributed by atoms with Crippen LogP contribution in [0.25, 0.3) is 0 Å². The van der Waals surface area contributed by atoms with Gasteiger partial charge in [-0.2, -0.15) is 0 Å². The van der Waals surface area contributed by atoms with E-state index in [1.807, 2.05) is 31.2 Å². The van der Waals surface area contributed by atoms with Crippen LogP contribution in [-0.4, -0.2) is 50.6 Å². The molecule has 136 valence electrons. The lowest BCUT2D eigenvalue weighted by molar-refractivity contribution is -0.909. The molecule has 3 atom stereocenters. The van der Waals surface area contributed by atoms with Crippen LogP contribution in [0, 0.1) is 0 Å². The molecule has 8 heteroatoms. The van der Waals surface area contributed by atoms with E-state index in [-0.39, 0.29) is 30.8 Å². The van der Waals surface area contributed by atoms with E-state index >= 15 is 0 Å². The van der Waals surface area contributed by atoms with Crippen LogP contribution < -0.4 is 15.5 Å². The summed E-state index contributed by atoms with van der Waals surface area (Å²) in [7, 11) is 1.29. The van der Waals surface area contributed by atoms with Gasteiger partial charge in [-0.3, -0.25) is 14.4 Å². The fourth-order valence-electron chi connectivity index (χ4n) is 2.86. The Labute approximate surface area is 155 Å². The summed E-state index contributed by atoms with van der Waals surface area (Å²) < 4.78 is 5.63. The lowest BCUT2D eigenvalue weighted by Crippen LogP contribution is -3.20. The van der Waals surface area contributed by atoms with Crippen LogP contribution in [0.1, 0.15) is 24.9 Å². The van der Waals surface area contributed by atoms with Crippen LogP contribution in [-0.2, 0) is 19.1 Å². The molecular weight excluding hydrogens is 390 g/mol. The molecule has 1 unspecified atom stereocenters. The minimum absolute atomic E-state index is 0.0345. The second-order valence-electron chi connectivity index (χ2n) is 6.05. The minimum atomic E-state index is -0.602. The Morgan fingerprint density at radius 2 is 2.08 bits per heavy atom. The first kappa shape index (κ1) is 19.4. The standard InChI is InChI=1S/C17H22BrN3O4/c1-11(12-3-5-13(18)6-4-12)20-15(22)10-21-8-7-19-17(24)14(21)9-16(23)25-2/h3-6,11,14H,7-10H2,1-2H3,(H,19,24)(H,20,22)/p+1/t11-,14-/m0/s1. The average molecular weight is 413 g/mol. The van der Waals surface area contributed by atoms with Gasteiger partial charge in [0.15, 0.2) is 12.6 Å². The maximum atomic E-state index is 12.4. The zero-order valence-corrected chi connectivity index (χ0v) is 15.9. The van der Waals surface area contributed by atoms with Crippen molar-refractivity contribution in [2.24, 2.45) is 0 Å². The molecule has 0 radical (unpaired) electrons. The number of carbonyl (C=O) groups excluding carboxylic acids is 3. The molecule has 0 aromatic heterocycles. The Morgan fingerprint density at radius 3 is 2.72 bits per heavy atom. The van der Waals surface area contributed by atoms with Gasteiger partial charge in [0.2, 0.25) is 0 Å². The van der Waals surface area contributed by atoms with E-state index in [1.54, 1.807) is 0 Å². The molecule has 1 aromatic rings. The van der Waals surface area contributed by atoms with Crippen LogP contribution >= 0.6 is 15.9 Å². The van der Waals surface area contributed by atoms with Gasteiger partial charge in [0.05, 0.1) is 26.2 Å². The third-order valence-corrected chi connectivity index (χ3v) is 4.82. The van der Waals surface area contributed by atoms with Gasteiger partial charge in [-0.25, -0.2) is 0 Å². The van der Waals surface area contributed by atoms with Gasteiger partial charge in [0.25, 0.3) is 11.8 Å². The molecule has 0 bridgehead atoms. The van der Waals surface area contributed by atoms with Gasteiger partial charge >= 0.3 is 5.97 Å². The maximum absolute atomic E-state index is 12.4. The van der Waals surface area contributed by atoms with E-state index in [4.69, 9.17) is 0 Å². The molecular formula is C17H23BrN3O4+. The predicted octanol–water partition coefficient (Wildman–Crippen LogP) is -0.427. The smallest absolute Gasteiger partial charge is 0.312 e. The topological polar surface area (TPSA) is 88.9 Å². The van der Waals surface area contributed by atoms with Crippen LogP contribution in [0.4, 0.5) is 0 Å². The number of hydrogen-bond acceptors (Lipinski definition) is 4. The number of carbonyl (C=O) groups is 3. The molecule has 25 heavy (non-hydrogen) atoms. The second-order valence-corrected chi connectivity index (χ2v) is 6.97. The molecule has 1 saturated heterocycles. The highest BCUT2D eigenvalue weighted by atomic mass is 79.9. The SMILES string of the molecule is COC(=O)C[C@H]1C(=O)NCC[NH+]1CC(=O)N[C@@H](C)c1ccc(Br)cc1. The highest BCUT2D eigenvalue weighted by molar-refractivity contribution is 9.10. The number of methoxy groups -OCH3 is 1. The summed E-state index contributed by atoms with van der Waals surface area (Å²) in [6, 6.07) is 6.98. The minimum Gasteiger partial charge on any atom is -0.469 e. The summed E-state index contributed by atoms with van der Waals surface area (Å²) in [5.74, 6) is -0.835. The van der Waals surface area contributed by atoms with Crippen LogP contribution in [0.2, 0.25) is 0 Å². The fourth-order valence-corrected chi connectivity index (χ4v) is 3.13. The molecule has 3 N–H and O–H groups in total. The van der Waals surface area contributed by atoms with Gasteiger partial charge in [-0.05, 0) is 24.6 Å². The van der Waals surface area contributed by atoms with Crippen molar-refractivity contribution in [3.05, 3.63) is 34.3 Å². The van der Waals surface area contributed by atoms with Crippen molar-refractivity contribution in [2.45, 2.75) is 25.4 Å². The zero-order chi connectivity index (χ0) is 18.4. The molecule has 0 spiro atoms. The zero-order valence-electron chi connectivity index (χ0n) is 14.3. The van der Waals surface area contributed by atoms with Crippen molar-refractivity contribution < 1.29 is 24.0 Å². The number of halogens is 1. The molecule has 0 saturated carbocycles. The Balaban J connectivity index is 1.95. The number of nitrogens with one attached hydrogen (secondary N) is 3. The monoisotopic (exact) mass is 412 g/mol. The summed E-state index contributed by atoms with van der Waals surface area (Å²) in [6.45, 7) is 3.12. The van der Waals surface area contributed by atoms with E-state index in [1.165, 1.54) is 7.11 Å². The molecule has 1 heterocycles. The molecule has 1 fully saturated rings. The van der Waals surface area contributed by atoms with E-state index in [0.29, 0.717) is 13.1 Å². The highest BCUT2D eigenvalue weighted by Gasteiger charge is 2.36. The lowest BCUT2D eigenvalue weighted by Gasteiger charge is -2.31. The molecule has 0 aliphatic carbocycles. The van der Waals surface area contributed by atoms with Gasteiger partial charge in [0, 0.05) is 4.47 Å². The number of rotatable bonds is 6. The molecule has 2 amide bonds. The molecule has 2 rings (SSSR count). The Morgan fingerprint density at radius 1 is 1.40 bits per heavy atom. The Bertz CT molecular complexity index is 635. The number of quaternary nitrogens is 1. The number of esters is 1. The van der Waals surface area contributed by atoms with Crippen molar-refractivity contribution in [3.63, 3.8) is 0 Å². The molecule has 1 aliphatic rings. The lowest BCUT2D eigenvalue weighted by atomic mass is 10.1. The average Bonchev–Trinajstić information content (AvgIpc) is 2.58. The summed E-state index contributed by atoms with van der Waals surface area (Å²) in [4.78, 5) is 36.7. The van der Waals surface area contributed by atoms with Crippen LogP contribution in [0.15, 0.2) is 28.7 Å². The number of ether oxygens (including phenoxy) is 1. The van der Waals surface area contributed by atoms with Gasteiger partial charge in [-0.1, -0.05) is 28.1 Å². The predicted molar refractivity (Wildman–Crippen MR) is 94.8 cm³/mol. The van der Waals surface area contributed by atoms with Crippen molar-refractivity contribution in [1.82, 2.24) is 10.6 Å². The van der Waals surface area contributed by atoms with Crippen molar-refractivity contribution >= 4 is 33.7 Å². The maximum Gasteiger partial charge on any atom is 0.312 e. The number of piperazine rings is 1. The third kappa shape index (κ3) is 5.54. The summed E-state index contributed by atoms with van der Waals surface area (Å²) in [5.41, 5.74) is 0.994. The van der Waals surface area contributed by atoms with E-state index < -0.39 is 12.0 Å². The Hall–Kier alpha value is -1.93. The van der Waals surface area contributed by atoms with E-state index in [0.717, 1.165) is 14.9 Å². The van der Waals surface area contributed by atoms with Crippen molar-refractivity contribution in [2.75, 3.05) is 26.7 Å². The van der Waals surface area contributed by atoms with Crippen LogP contribution in [0.5, 0.6) is 0 Å². The summed E-state index contributed by atoms with van der Waals surface area (Å²) >= 11 is 3.38. The first-order valence-corrected chi connectivity index (χ1v) is 8.94. The van der Waals surface area contributed by atoms with Gasteiger partial charge in [-0.15, -0.1) is 0 Å². The molecule has 1 aliphatic heterocycles. The third-order valence-electron chi connectivity index (χ3n) is 4.29. The van der Waals surface area contributed by atoms with Crippen molar-refractivity contribution in [3.8, 4) is 0 Å². The normalized spacial score (nSPS) is 21.2. The quantitative estimate of drug-likeness (QED) is 0.553.